The van der Waals surface area contributed by atoms with Gasteiger partial charge in [0.2, 0.25) is 11.8 Å². The molecule has 2 unspecified atom stereocenters. The molecule has 4 N–H and O–H groups in total. The molecule has 0 spiro atoms. The lowest BCUT2D eigenvalue weighted by Gasteiger charge is -2.33. The predicted molar refractivity (Wildman–Crippen MR) is 192 cm³/mol. The number of rotatable bonds is 21. The Balaban J connectivity index is 1.29. The first-order valence-corrected chi connectivity index (χ1v) is 19.3. The number of unbranched alkanes of at least 4 members (excludes halogenated alkanes) is 5. The van der Waals surface area contributed by atoms with Crippen molar-refractivity contribution < 1.29 is 38.9 Å². The highest BCUT2D eigenvalue weighted by Crippen LogP contribution is 2.48. The molecule has 7 atom stereocenters. The van der Waals surface area contributed by atoms with Gasteiger partial charge in [0.05, 0.1) is 25.8 Å². The van der Waals surface area contributed by atoms with Crippen LogP contribution in [0.5, 0.6) is 5.75 Å². The number of aliphatic carboxylic acids is 1. The summed E-state index contributed by atoms with van der Waals surface area (Å²) in [7, 11) is 5.30. The van der Waals surface area contributed by atoms with Crippen LogP contribution in [0.15, 0.2) is 18.2 Å². The fourth-order valence-electron chi connectivity index (χ4n) is 8.57. The standard InChI is InChI=1S/C39H59BN2O8/c1-2-3-6-13-28(17-18-29-32-21-26-12-11-16-35(49-25-37(45)46)33(26)22-27(32)23-34(29)43)50-39(48)31-15-8-7-14-30(31)38(47)42-20-10-5-4-9-19-41-36(44)24-40/h11-12,16,27-32,34,43H,2-10,13-15,17-25H2,1H3,(H,41,44)(H,42,47)(H,45,46)/t27-,28-,29+,30?,31?,32-,34+/m0/s1. The summed E-state index contributed by atoms with van der Waals surface area (Å²) >= 11 is 0. The maximum Gasteiger partial charge on any atom is 0.341 e. The zero-order valence-corrected chi connectivity index (χ0v) is 30.0. The lowest BCUT2D eigenvalue weighted by atomic mass is 9.73. The number of fused-ring (bicyclic) bond motifs is 2. The largest absolute Gasteiger partial charge is 0.482 e. The number of carboxylic acid groups (broad SMARTS) is 1. The highest BCUT2D eigenvalue weighted by molar-refractivity contribution is 6.19. The third-order valence-electron chi connectivity index (χ3n) is 11.2. The van der Waals surface area contributed by atoms with E-state index < -0.39 is 18.0 Å². The van der Waals surface area contributed by atoms with Crippen molar-refractivity contribution in [2.45, 2.75) is 135 Å². The van der Waals surface area contributed by atoms with Crippen LogP contribution in [0.4, 0.5) is 0 Å². The van der Waals surface area contributed by atoms with Crippen LogP contribution < -0.4 is 15.4 Å². The monoisotopic (exact) mass is 694 g/mol. The lowest BCUT2D eigenvalue weighted by molar-refractivity contribution is -0.160. The molecule has 0 bridgehead atoms. The Morgan fingerprint density at radius 1 is 0.940 bits per heavy atom. The molecule has 2 fully saturated rings. The van der Waals surface area contributed by atoms with Gasteiger partial charge in [0.15, 0.2) is 6.61 Å². The van der Waals surface area contributed by atoms with Crippen LogP contribution in [0.2, 0.25) is 6.32 Å². The van der Waals surface area contributed by atoms with Gasteiger partial charge in [0.25, 0.3) is 0 Å². The van der Waals surface area contributed by atoms with Crippen molar-refractivity contribution in [3.8, 4) is 5.75 Å². The molecule has 4 rings (SSSR count). The molecule has 3 aliphatic carbocycles. The fourth-order valence-corrected chi connectivity index (χ4v) is 8.57. The number of carbonyl (C=O) groups is 4. The van der Waals surface area contributed by atoms with Gasteiger partial charge in [-0.1, -0.05) is 57.6 Å². The Labute approximate surface area is 299 Å². The molecule has 2 saturated carbocycles. The summed E-state index contributed by atoms with van der Waals surface area (Å²) in [4.78, 5) is 49.3. The predicted octanol–water partition coefficient (Wildman–Crippen LogP) is 5.32. The summed E-state index contributed by atoms with van der Waals surface area (Å²) in [6.07, 6.45) is 13.7. The van der Waals surface area contributed by atoms with E-state index in [0.29, 0.717) is 56.4 Å². The molecule has 1 aromatic carbocycles. The van der Waals surface area contributed by atoms with E-state index in [-0.39, 0.29) is 48.7 Å². The van der Waals surface area contributed by atoms with Crippen molar-refractivity contribution in [2.75, 3.05) is 19.7 Å². The van der Waals surface area contributed by atoms with E-state index in [9.17, 15) is 24.3 Å². The van der Waals surface area contributed by atoms with Crippen LogP contribution in [-0.4, -0.2) is 73.7 Å². The Bertz CT molecular complexity index is 1260. The molecule has 0 heterocycles. The Morgan fingerprint density at radius 3 is 2.40 bits per heavy atom. The molecule has 50 heavy (non-hydrogen) atoms. The summed E-state index contributed by atoms with van der Waals surface area (Å²) < 4.78 is 11.9. The van der Waals surface area contributed by atoms with Crippen molar-refractivity contribution in [2.24, 2.45) is 29.6 Å². The number of amides is 2. The Hall–Kier alpha value is -3.08. The van der Waals surface area contributed by atoms with Crippen LogP contribution >= 0.6 is 0 Å². The van der Waals surface area contributed by atoms with Crippen molar-refractivity contribution in [1.82, 2.24) is 10.6 Å². The Kier molecular flexibility index (Phi) is 16.4. The van der Waals surface area contributed by atoms with E-state index in [1.54, 1.807) is 0 Å². The highest BCUT2D eigenvalue weighted by atomic mass is 16.5. The van der Waals surface area contributed by atoms with E-state index in [4.69, 9.17) is 22.4 Å². The number of carbonyl (C=O) groups excluding carboxylic acids is 3. The summed E-state index contributed by atoms with van der Waals surface area (Å²) in [5.74, 6) is -0.940. The Morgan fingerprint density at radius 2 is 1.68 bits per heavy atom. The van der Waals surface area contributed by atoms with Crippen LogP contribution in [0.1, 0.15) is 114 Å². The molecule has 3 aliphatic rings. The maximum atomic E-state index is 13.7. The van der Waals surface area contributed by atoms with E-state index in [1.807, 2.05) is 12.1 Å². The minimum Gasteiger partial charge on any atom is -0.482 e. The van der Waals surface area contributed by atoms with Gasteiger partial charge in [-0.05, 0) is 112 Å². The van der Waals surface area contributed by atoms with Crippen LogP contribution in [0.3, 0.4) is 0 Å². The van der Waals surface area contributed by atoms with Gasteiger partial charge < -0.3 is 30.3 Å². The first-order valence-electron chi connectivity index (χ1n) is 19.3. The number of carboxylic acids is 1. The van der Waals surface area contributed by atoms with Gasteiger partial charge in [-0.2, -0.15) is 0 Å². The number of ether oxygens (including phenoxy) is 2. The summed E-state index contributed by atoms with van der Waals surface area (Å²) in [5.41, 5.74) is 2.22. The number of benzene rings is 1. The van der Waals surface area contributed by atoms with Crippen LogP contribution in [0.25, 0.3) is 0 Å². The van der Waals surface area contributed by atoms with Crippen molar-refractivity contribution in [1.29, 1.82) is 0 Å². The third kappa shape index (κ3) is 11.7. The number of esters is 1. The molecular formula is C39H59BN2O8. The zero-order valence-electron chi connectivity index (χ0n) is 30.0. The molecule has 2 radical (unpaired) electrons. The fraction of sp³-hybridized carbons (Fsp3) is 0.744. The van der Waals surface area contributed by atoms with Crippen LogP contribution in [-0.2, 0) is 36.8 Å². The number of hydrogen-bond acceptors (Lipinski definition) is 7. The molecule has 0 saturated heterocycles. The third-order valence-corrected chi connectivity index (χ3v) is 11.2. The van der Waals surface area contributed by atoms with Gasteiger partial charge in [-0.3, -0.25) is 14.4 Å². The average molecular weight is 695 g/mol. The topological polar surface area (TPSA) is 151 Å². The van der Waals surface area contributed by atoms with Gasteiger partial charge >= 0.3 is 11.9 Å². The van der Waals surface area contributed by atoms with E-state index in [1.165, 1.54) is 0 Å². The second-order valence-electron chi connectivity index (χ2n) is 14.8. The van der Waals surface area contributed by atoms with Crippen LogP contribution in [0, 0.1) is 29.6 Å². The number of nitrogens with one attached hydrogen (secondary N) is 2. The van der Waals surface area contributed by atoms with Crippen molar-refractivity contribution >= 4 is 31.6 Å². The minimum atomic E-state index is -1.00. The minimum absolute atomic E-state index is 0.000740. The average Bonchev–Trinajstić information content (AvgIpc) is 3.42. The smallest absolute Gasteiger partial charge is 0.341 e. The molecule has 276 valence electrons. The highest BCUT2D eigenvalue weighted by Gasteiger charge is 2.45. The zero-order chi connectivity index (χ0) is 35.9. The van der Waals surface area contributed by atoms with Gasteiger partial charge in [-0.15, -0.1) is 0 Å². The number of hydrogen-bond donors (Lipinski definition) is 4. The second kappa shape index (κ2) is 20.7. The van der Waals surface area contributed by atoms with Gasteiger partial charge in [0, 0.05) is 13.1 Å². The van der Waals surface area contributed by atoms with Gasteiger partial charge in [0.1, 0.15) is 11.9 Å². The summed E-state index contributed by atoms with van der Waals surface area (Å²) in [5, 5.41) is 26.2. The van der Waals surface area contributed by atoms with E-state index in [0.717, 1.165) is 94.6 Å². The molecule has 1 aromatic rings. The maximum absolute atomic E-state index is 13.7. The second-order valence-corrected chi connectivity index (χ2v) is 14.8. The van der Waals surface area contributed by atoms with E-state index in [2.05, 4.69) is 23.6 Å². The number of aliphatic hydroxyl groups is 1. The molecule has 11 heteroatoms. The molecule has 0 aromatic heterocycles. The van der Waals surface area contributed by atoms with Crippen molar-refractivity contribution in [3.05, 3.63) is 29.3 Å². The quantitative estimate of drug-likeness (QED) is 0.0767. The molecule has 0 aliphatic heterocycles. The summed E-state index contributed by atoms with van der Waals surface area (Å²) in [6.45, 7) is 2.96. The van der Waals surface area contributed by atoms with Gasteiger partial charge in [-0.25, -0.2) is 4.79 Å². The lowest BCUT2D eigenvalue weighted by Crippen LogP contribution is -2.41. The SMILES string of the molecule is [B]CC(=O)NCCCCCCNC(=O)C1CCCCC1C(=O)O[C@@H](CCCCC)CC[C@@H]1[C@H]2Cc3cccc(OCC(=O)O)c3C[C@H]2C[C@H]1O. The first-order chi connectivity index (χ1) is 24.2. The number of aliphatic hydroxyl groups excluding tert-OH is 1. The van der Waals surface area contributed by atoms with E-state index >= 15 is 0 Å². The molecule has 2 amide bonds. The normalized spacial score (nSPS) is 24.8. The molecule has 10 nitrogen and oxygen atoms in total. The first kappa shape index (κ1) is 39.7. The summed E-state index contributed by atoms with van der Waals surface area (Å²) in [6, 6.07) is 5.83. The van der Waals surface area contributed by atoms with Crippen molar-refractivity contribution in [3.63, 3.8) is 0 Å². The molecular weight excluding hydrogens is 635 g/mol.